The smallest absolute Gasteiger partial charge is 0.250 e. The minimum atomic E-state index is -0.409. The highest BCUT2D eigenvalue weighted by Crippen LogP contribution is 2.37. The van der Waals surface area contributed by atoms with Crippen molar-refractivity contribution in [2.45, 2.75) is 193 Å². The summed E-state index contributed by atoms with van der Waals surface area (Å²) in [5.74, 6) is 3.14. The summed E-state index contributed by atoms with van der Waals surface area (Å²) in [6.07, 6.45) is 42.3. The van der Waals surface area contributed by atoms with Crippen LogP contribution in [0.3, 0.4) is 0 Å². The van der Waals surface area contributed by atoms with Gasteiger partial charge in [0.2, 0.25) is 5.79 Å². The maximum Gasteiger partial charge on any atom is 0.250 e. The average molecular weight is 547 g/mol. The van der Waals surface area contributed by atoms with Crippen molar-refractivity contribution < 1.29 is 14.2 Å². The minimum absolute atomic E-state index is 0.406. The number of hydrogen-bond acceptors (Lipinski definition) is 3. The van der Waals surface area contributed by atoms with Gasteiger partial charge in [-0.05, 0) is 25.7 Å². The van der Waals surface area contributed by atoms with Crippen molar-refractivity contribution in [2.75, 3.05) is 13.2 Å². The molecule has 228 valence electrons. The zero-order valence-corrected chi connectivity index (χ0v) is 26.4. The molecule has 0 aromatic rings. The molecule has 3 nitrogen and oxygen atoms in total. The number of rotatable bonds is 30. The van der Waals surface area contributed by atoms with Crippen molar-refractivity contribution in [3.8, 4) is 12.3 Å². The van der Waals surface area contributed by atoms with E-state index in [1.807, 2.05) is 6.26 Å². The third kappa shape index (κ3) is 21.3. The Morgan fingerprint density at radius 1 is 0.615 bits per heavy atom. The molecule has 1 rings (SSSR count). The van der Waals surface area contributed by atoms with E-state index in [0.29, 0.717) is 6.61 Å². The van der Waals surface area contributed by atoms with E-state index in [2.05, 4.69) is 19.8 Å². The van der Waals surface area contributed by atoms with Gasteiger partial charge >= 0.3 is 0 Å². The van der Waals surface area contributed by atoms with E-state index in [4.69, 9.17) is 20.6 Å². The fourth-order valence-electron chi connectivity index (χ4n) is 5.67. The van der Waals surface area contributed by atoms with Gasteiger partial charge in [-0.15, -0.1) is 6.42 Å². The molecule has 0 amide bonds. The van der Waals surface area contributed by atoms with Crippen molar-refractivity contribution in [3.05, 3.63) is 12.0 Å². The molecule has 1 aliphatic rings. The molecule has 3 heteroatoms. The highest BCUT2D eigenvalue weighted by molar-refractivity contribution is 4.97. The summed E-state index contributed by atoms with van der Waals surface area (Å²) < 4.78 is 18.2. The zero-order valence-electron chi connectivity index (χ0n) is 26.4. The molecule has 0 aromatic carbocycles. The summed E-state index contributed by atoms with van der Waals surface area (Å²) >= 11 is 0. The van der Waals surface area contributed by atoms with Gasteiger partial charge in [-0.1, -0.05) is 148 Å². The number of terminal acetylenes is 1. The Balaban J connectivity index is 2.24. The lowest BCUT2D eigenvalue weighted by molar-refractivity contribution is -0.161. The fraction of sp³-hybridized carbons (Fsp3) is 0.889. The highest BCUT2D eigenvalue weighted by atomic mass is 16.7. The lowest BCUT2D eigenvalue weighted by Crippen LogP contribution is -2.30. The molecule has 0 atom stereocenters. The van der Waals surface area contributed by atoms with Crippen LogP contribution in [-0.2, 0) is 14.2 Å². The van der Waals surface area contributed by atoms with Crippen molar-refractivity contribution in [2.24, 2.45) is 0 Å². The van der Waals surface area contributed by atoms with Crippen molar-refractivity contribution in [3.63, 3.8) is 0 Å². The third-order valence-corrected chi connectivity index (χ3v) is 8.19. The predicted octanol–water partition coefficient (Wildman–Crippen LogP) is 11.8. The lowest BCUT2D eigenvalue weighted by atomic mass is 9.98. The van der Waals surface area contributed by atoms with E-state index in [0.717, 1.165) is 44.5 Å². The first kappa shape index (κ1) is 35.9. The van der Waals surface area contributed by atoms with Gasteiger partial charge in [0.1, 0.15) is 18.6 Å². The molecule has 0 saturated carbocycles. The fourth-order valence-corrected chi connectivity index (χ4v) is 5.67. The molecule has 0 aromatic heterocycles. The van der Waals surface area contributed by atoms with Gasteiger partial charge in [0.15, 0.2) is 0 Å². The number of hydrogen-bond donors (Lipinski definition) is 0. The summed E-state index contributed by atoms with van der Waals surface area (Å²) in [7, 11) is 0. The average Bonchev–Trinajstić information content (AvgIpc) is 3.35. The summed E-state index contributed by atoms with van der Waals surface area (Å²) in [5, 5.41) is 0. The SMILES string of the molecule is C#CCOCCCCC1=COC(CCCCCCCCCCCCC)(CCCCCCCCCCCCC)O1. The number of allylic oxidation sites excluding steroid dienone is 1. The van der Waals surface area contributed by atoms with E-state index < -0.39 is 5.79 Å². The molecule has 0 bridgehead atoms. The molecular weight excluding hydrogens is 480 g/mol. The van der Waals surface area contributed by atoms with Gasteiger partial charge in [0.25, 0.3) is 0 Å². The Hall–Kier alpha value is -1.14. The molecule has 0 aliphatic carbocycles. The first-order valence-electron chi connectivity index (χ1n) is 17.3. The minimum Gasteiger partial charge on any atom is -0.456 e. The van der Waals surface area contributed by atoms with Gasteiger partial charge < -0.3 is 14.2 Å². The lowest BCUT2D eigenvalue weighted by Gasteiger charge is -2.29. The largest absolute Gasteiger partial charge is 0.456 e. The standard InChI is InChI=1S/C36H66O3/c1-4-7-9-11-13-15-17-19-21-23-26-30-36(31-27-24-22-20-18-16-14-12-10-8-5-2)38-34-35(39-36)29-25-28-33-37-32-6-3/h3,34H,4-5,7-33H2,1-2H3. The van der Waals surface area contributed by atoms with Crippen molar-refractivity contribution >= 4 is 0 Å². The van der Waals surface area contributed by atoms with E-state index in [1.165, 1.54) is 141 Å². The van der Waals surface area contributed by atoms with Crippen LogP contribution in [0.15, 0.2) is 12.0 Å². The highest BCUT2D eigenvalue weighted by Gasteiger charge is 2.37. The molecule has 1 aliphatic heterocycles. The van der Waals surface area contributed by atoms with E-state index in [-0.39, 0.29) is 0 Å². The van der Waals surface area contributed by atoms with Crippen LogP contribution in [0.5, 0.6) is 0 Å². The Bertz CT molecular complexity index is 565. The molecule has 0 N–H and O–H groups in total. The van der Waals surface area contributed by atoms with Crippen LogP contribution < -0.4 is 0 Å². The maximum atomic E-state index is 6.53. The summed E-state index contributed by atoms with van der Waals surface area (Å²) in [6, 6.07) is 0. The van der Waals surface area contributed by atoms with E-state index >= 15 is 0 Å². The van der Waals surface area contributed by atoms with Crippen LogP contribution in [0.4, 0.5) is 0 Å². The maximum absolute atomic E-state index is 6.53. The molecule has 0 saturated heterocycles. The Labute approximate surface area is 244 Å². The molecule has 0 radical (unpaired) electrons. The number of unbranched alkanes of at least 4 members (excludes halogenated alkanes) is 21. The second-order valence-electron chi connectivity index (χ2n) is 12.0. The molecular formula is C36H66O3. The predicted molar refractivity (Wildman–Crippen MR) is 169 cm³/mol. The van der Waals surface area contributed by atoms with Crippen LogP contribution in [-0.4, -0.2) is 19.0 Å². The van der Waals surface area contributed by atoms with Gasteiger partial charge in [-0.25, -0.2) is 0 Å². The summed E-state index contributed by atoms with van der Waals surface area (Å²) in [5.41, 5.74) is 0. The van der Waals surface area contributed by atoms with Crippen molar-refractivity contribution in [1.29, 1.82) is 0 Å². The molecule has 1 heterocycles. The topological polar surface area (TPSA) is 27.7 Å². The Morgan fingerprint density at radius 3 is 1.49 bits per heavy atom. The Morgan fingerprint density at radius 2 is 1.05 bits per heavy atom. The number of ether oxygens (including phenoxy) is 3. The van der Waals surface area contributed by atoms with Crippen LogP contribution in [0.2, 0.25) is 0 Å². The van der Waals surface area contributed by atoms with E-state index in [1.54, 1.807) is 0 Å². The monoisotopic (exact) mass is 547 g/mol. The van der Waals surface area contributed by atoms with Crippen LogP contribution >= 0.6 is 0 Å². The van der Waals surface area contributed by atoms with Crippen LogP contribution in [0.25, 0.3) is 0 Å². The van der Waals surface area contributed by atoms with Crippen LogP contribution in [0, 0.1) is 12.3 Å². The molecule has 39 heavy (non-hydrogen) atoms. The van der Waals surface area contributed by atoms with Gasteiger partial charge in [-0.3, -0.25) is 0 Å². The quantitative estimate of drug-likeness (QED) is 0.0662. The second kappa shape index (κ2) is 27.1. The summed E-state index contributed by atoms with van der Waals surface area (Å²) in [6.45, 7) is 5.71. The van der Waals surface area contributed by atoms with Gasteiger partial charge in [-0.2, -0.15) is 0 Å². The zero-order chi connectivity index (χ0) is 28.1. The first-order valence-corrected chi connectivity index (χ1v) is 17.3. The van der Waals surface area contributed by atoms with Gasteiger partial charge in [0, 0.05) is 25.9 Å². The third-order valence-electron chi connectivity index (χ3n) is 8.19. The van der Waals surface area contributed by atoms with E-state index in [9.17, 15) is 0 Å². The Kier molecular flexibility index (Phi) is 24.9. The molecule has 0 spiro atoms. The normalized spacial score (nSPS) is 14.1. The molecule has 0 unspecified atom stereocenters. The van der Waals surface area contributed by atoms with Crippen LogP contribution in [0.1, 0.15) is 187 Å². The first-order chi connectivity index (χ1) is 19.3. The van der Waals surface area contributed by atoms with Crippen molar-refractivity contribution in [1.82, 2.24) is 0 Å². The van der Waals surface area contributed by atoms with Gasteiger partial charge in [0.05, 0.1) is 0 Å². The second-order valence-corrected chi connectivity index (χ2v) is 12.0. The summed E-state index contributed by atoms with van der Waals surface area (Å²) in [4.78, 5) is 0. The molecule has 0 fully saturated rings.